The maximum Gasteiger partial charge on any atom is 0.259 e. The molecule has 0 aliphatic heterocycles. The highest BCUT2D eigenvalue weighted by atomic mass is 32.2. The Bertz CT molecular complexity index is 833. The van der Waals surface area contributed by atoms with Crippen LogP contribution in [0.25, 0.3) is 0 Å². The maximum absolute atomic E-state index is 12.1. The SMILES string of the molecule is CCc1cnc(CSc2cnc(NC(=O)C(O)c3ccccc3)s2)o1. The number of benzene rings is 1. The molecule has 0 bridgehead atoms. The summed E-state index contributed by atoms with van der Waals surface area (Å²) in [5.74, 6) is 1.63. The van der Waals surface area contributed by atoms with E-state index in [1.54, 1.807) is 36.7 Å². The molecule has 0 fully saturated rings. The average molecular weight is 375 g/mol. The summed E-state index contributed by atoms with van der Waals surface area (Å²) in [5, 5.41) is 13.2. The Kier molecular flexibility index (Phi) is 5.85. The minimum absolute atomic E-state index is 0.448. The highest BCUT2D eigenvalue weighted by Crippen LogP contribution is 2.31. The van der Waals surface area contributed by atoms with Gasteiger partial charge in [-0.2, -0.15) is 0 Å². The Hall–Kier alpha value is -2.16. The first-order chi connectivity index (χ1) is 12.2. The van der Waals surface area contributed by atoms with Crippen LogP contribution in [0.1, 0.15) is 30.2 Å². The lowest BCUT2D eigenvalue weighted by atomic mass is 10.1. The Morgan fingerprint density at radius 1 is 1.32 bits per heavy atom. The molecule has 0 saturated heterocycles. The smallest absolute Gasteiger partial charge is 0.259 e. The first-order valence-corrected chi connectivity index (χ1v) is 9.52. The number of nitrogens with zero attached hydrogens (tertiary/aromatic N) is 2. The molecule has 0 spiro atoms. The number of nitrogens with one attached hydrogen (secondary N) is 1. The van der Waals surface area contributed by atoms with Crippen molar-refractivity contribution in [2.75, 3.05) is 5.32 Å². The average Bonchev–Trinajstić information content (AvgIpc) is 3.29. The number of rotatable bonds is 7. The third-order valence-electron chi connectivity index (χ3n) is 3.37. The molecule has 0 aliphatic rings. The number of hydrogen-bond acceptors (Lipinski definition) is 7. The molecule has 6 nitrogen and oxygen atoms in total. The van der Waals surface area contributed by atoms with Gasteiger partial charge in [-0.3, -0.25) is 10.1 Å². The van der Waals surface area contributed by atoms with Crippen molar-refractivity contribution in [1.82, 2.24) is 9.97 Å². The molecule has 3 aromatic rings. The number of aliphatic hydroxyl groups is 1. The zero-order chi connectivity index (χ0) is 17.6. The van der Waals surface area contributed by atoms with Crippen molar-refractivity contribution >= 4 is 34.1 Å². The molecule has 1 amide bonds. The second kappa shape index (κ2) is 8.28. The summed E-state index contributed by atoms with van der Waals surface area (Å²) >= 11 is 2.88. The molecule has 2 aromatic heterocycles. The van der Waals surface area contributed by atoms with E-state index in [0.717, 1.165) is 16.4 Å². The van der Waals surface area contributed by atoms with Crippen molar-refractivity contribution in [1.29, 1.82) is 0 Å². The molecule has 8 heteroatoms. The summed E-state index contributed by atoms with van der Waals surface area (Å²) in [6, 6.07) is 8.78. The number of carbonyl (C=O) groups is 1. The largest absolute Gasteiger partial charge is 0.445 e. The van der Waals surface area contributed by atoms with Gasteiger partial charge in [0.05, 0.1) is 22.4 Å². The zero-order valence-electron chi connectivity index (χ0n) is 13.5. The molecule has 0 aliphatic carbocycles. The van der Waals surface area contributed by atoms with Crippen LogP contribution < -0.4 is 5.32 Å². The predicted octanol–water partition coefficient (Wildman–Crippen LogP) is 3.66. The van der Waals surface area contributed by atoms with E-state index in [1.165, 1.54) is 23.1 Å². The first-order valence-electron chi connectivity index (χ1n) is 7.71. The predicted molar refractivity (Wildman–Crippen MR) is 97.6 cm³/mol. The molecular weight excluding hydrogens is 358 g/mol. The third-order valence-corrected chi connectivity index (χ3v) is 5.46. The van der Waals surface area contributed by atoms with Crippen LogP contribution in [0.15, 0.2) is 51.4 Å². The van der Waals surface area contributed by atoms with Crippen molar-refractivity contribution in [3.63, 3.8) is 0 Å². The number of aromatic nitrogens is 2. The van der Waals surface area contributed by atoms with Gasteiger partial charge in [-0.1, -0.05) is 48.6 Å². The number of aliphatic hydroxyl groups excluding tert-OH is 1. The van der Waals surface area contributed by atoms with Gasteiger partial charge >= 0.3 is 0 Å². The monoisotopic (exact) mass is 375 g/mol. The second-order valence-electron chi connectivity index (χ2n) is 5.15. The molecule has 2 heterocycles. The lowest BCUT2D eigenvalue weighted by Crippen LogP contribution is -2.20. The molecule has 1 aromatic carbocycles. The summed E-state index contributed by atoms with van der Waals surface area (Å²) in [6.07, 6.45) is 3.02. The van der Waals surface area contributed by atoms with Crippen LogP contribution in [0.3, 0.4) is 0 Å². The molecule has 2 N–H and O–H groups in total. The molecule has 1 unspecified atom stereocenters. The molecule has 0 radical (unpaired) electrons. The minimum Gasteiger partial charge on any atom is -0.445 e. The van der Waals surface area contributed by atoms with Gasteiger partial charge in [0, 0.05) is 6.42 Å². The molecule has 25 heavy (non-hydrogen) atoms. The lowest BCUT2D eigenvalue weighted by Gasteiger charge is -2.09. The van der Waals surface area contributed by atoms with Crippen molar-refractivity contribution in [2.45, 2.75) is 29.4 Å². The quantitative estimate of drug-likeness (QED) is 0.613. The standard InChI is InChI=1S/C17H17N3O3S2/c1-2-12-8-18-13(23-12)10-24-14-9-19-17(25-14)20-16(22)15(21)11-6-4-3-5-7-11/h3-9,15,21H,2,10H2,1H3,(H,19,20,22). The Balaban J connectivity index is 1.55. The van der Waals surface area contributed by atoms with E-state index >= 15 is 0 Å². The number of hydrogen-bond donors (Lipinski definition) is 2. The van der Waals surface area contributed by atoms with Gasteiger partial charge in [0.1, 0.15) is 5.76 Å². The number of oxazole rings is 1. The van der Waals surface area contributed by atoms with Gasteiger partial charge < -0.3 is 9.52 Å². The van der Waals surface area contributed by atoms with Crippen molar-refractivity contribution < 1.29 is 14.3 Å². The third kappa shape index (κ3) is 4.68. The van der Waals surface area contributed by atoms with Crippen LogP contribution in [-0.2, 0) is 17.0 Å². The van der Waals surface area contributed by atoms with Gasteiger partial charge in [-0.25, -0.2) is 9.97 Å². The van der Waals surface area contributed by atoms with Gasteiger partial charge in [0.15, 0.2) is 11.2 Å². The second-order valence-corrected chi connectivity index (χ2v) is 7.46. The molecule has 1 atom stereocenters. The van der Waals surface area contributed by atoms with E-state index in [1.807, 2.05) is 13.0 Å². The van der Waals surface area contributed by atoms with E-state index < -0.39 is 12.0 Å². The summed E-state index contributed by atoms with van der Waals surface area (Å²) in [4.78, 5) is 20.5. The van der Waals surface area contributed by atoms with Crippen molar-refractivity contribution in [3.05, 3.63) is 59.9 Å². The van der Waals surface area contributed by atoms with Crippen LogP contribution >= 0.6 is 23.1 Å². The fraction of sp³-hybridized carbons (Fsp3) is 0.235. The van der Waals surface area contributed by atoms with Crippen LogP contribution in [-0.4, -0.2) is 21.0 Å². The number of amides is 1. The first kappa shape index (κ1) is 17.7. The molecule has 3 rings (SSSR count). The van der Waals surface area contributed by atoms with Crippen LogP contribution in [0, 0.1) is 0 Å². The molecular formula is C17H17N3O3S2. The Labute approximate surface area is 153 Å². The van der Waals surface area contributed by atoms with Crippen molar-refractivity contribution in [3.8, 4) is 0 Å². The number of thiazole rings is 1. The van der Waals surface area contributed by atoms with Gasteiger partial charge in [-0.15, -0.1) is 11.8 Å². The summed E-state index contributed by atoms with van der Waals surface area (Å²) in [5.41, 5.74) is 0.543. The van der Waals surface area contributed by atoms with E-state index in [2.05, 4.69) is 15.3 Å². The highest BCUT2D eigenvalue weighted by molar-refractivity contribution is 8.00. The topological polar surface area (TPSA) is 88.2 Å². The zero-order valence-corrected chi connectivity index (χ0v) is 15.1. The lowest BCUT2D eigenvalue weighted by molar-refractivity contribution is -0.124. The minimum atomic E-state index is -1.22. The summed E-state index contributed by atoms with van der Waals surface area (Å²) in [7, 11) is 0. The van der Waals surface area contributed by atoms with Gasteiger partial charge in [-0.05, 0) is 5.56 Å². The van der Waals surface area contributed by atoms with Crippen LogP contribution in [0.4, 0.5) is 5.13 Å². The summed E-state index contributed by atoms with van der Waals surface area (Å²) in [6.45, 7) is 2.01. The normalized spacial score (nSPS) is 12.1. The van der Waals surface area contributed by atoms with E-state index in [0.29, 0.717) is 22.3 Å². The summed E-state index contributed by atoms with van der Waals surface area (Å²) < 4.78 is 6.49. The number of aryl methyl sites for hydroxylation is 1. The van der Waals surface area contributed by atoms with Crippen molar-refractivity contribution in [2.24, 2.45) is 0 Å². The Morgan fingerprint density at radius 3 is 2.84 bits per heavy atom. The van der Waals surface area contributed by atoms with E-state index in [-0.39, 0.29) is 0 Å². The number of thioether (sulfide) groups is 1. The number of carbonyl (C=O) groups excluding carboxylic acids is 1. The van der Waals surface area contributed by atoms with Crippen LogP contribution in [0.5, 0.6) is 0 Å². The van der Waals surface area contributed by atoms with E-state index in [4.69, 9.17) is 4.42 Å². The maximum atomic E-state index is 12.1. The number of anilines is 1. The van der Waals surface area contributed by atoms with Gasteiger partial charge in [0.25, 0.3) is 5.91 Å². The van der Waals surface area contributed by atoms with Crippen LogP contribution in [0.2, 0.25) is 0 Å². The van der Waals surface area contributed by atoms with Gasteiger partial charge in [0.2, 0.25) is 5.89 Å². The highest BCUT2D eigenvalue weighted by Gasteiger charge is 2.18. The Morgan fingerprint density at radius 2 is 2.12 bits per heavy atom. The fourth-order valence-corrected chi connectivity index (χ4v) is 3.78. The molecule has 130 valence electrons. The van der Waals surface area contributed by atoms with E-state index in [9.17, 15) is 9.90 Å². The fourth-order valence-electron chi connectivity index (χ4n) is 2.06. The molecule has 0 saturated carbocycles.